The molecular weight excluding hydrogens is 208 g/mol. The maximum atomic E-state index is 3.61. The fraction of sp³-hybridized carbons (Fsp3) is 0.600. The van der Waals surface area contributed by atoms with Crippen molar-refractivity contribution in [3.05, 3.63) is 29.8 Å². The van der Waals surface area contributed by atoms with Gasteiger partial charge in [-0.3, -0.25) is 0 Å². The van der Waals surface area contributed by atoms with E-state index in [4.69, 9.17) is 0 Å². The molecular formula is C15H24N2. The number of nitrogens with zero attached hydrogens (tertiary/aromatic N) is 1. The fourth-order valence-electron chi connectivity index (χ4n) is 2.58. The first-order valence-corrected chi connectivity index (χ1v) is 6.52. The first kappa shape index (κ1) is 12.4. The molecule has 1 N–H and O–H groups in total. The summed E-state index contributed by atoms with van der Waals surface area (Å²) < 4.78 is 0. The van der Waals surface area contributed by atoms with E-state index in [9.17, 15) is 0 Å². The molecule has 2 nitrogen and oxygen atoms in total. The number of rotatable bonds is 1. The van der Waals surface area contributed by atoms with Gasteiger partial charge in [0.2, 0.25) is 0 Å². The number of nitrogens with one attached hydrogen (secondary N) is 1. The van der Waals surface area contributed by atoms with Crippen LogP contribution in [0.4, 0.5) is 5.69 Å². The van der Waals surface area contributed by atoms with Gasteiger partial charge in [0.1, 0.15) is 0 Å². The predicted molar refractivity (Wildman–Crippen MR) is 74.6 cm³/mol. The minimum Gasteiger partial charge on any atom is -0.369 e. The summed E-state index contributed by atoms with van der Waals surface area (Å²) in [6.07, 6.45) is 0. The van der Waals surface area contributed by atoms with Crippen LogP contribution in [-0.2, 0) is 0 Å². The van der Waals surface area contributed by atoms with Crippen LogP contribution in [0.15, 0.2) is 24.3 Å². The molecule has 1 aromatic carbocycles. The molecule has 94 valence electrons. The Hall–Kier alpha value is -1.02. The van der Waals surface area contributed by atoms with E-state index in [1.54, 1.807) is 0 Å². The summed E-state index contributed by atoms with van der Waals surface area (Å²) in [6.45, 7) is 12.4. The molecule has 2 heteroatoms. The van der Waals surface area contributed by atoms with Crippen molar-refractivity contribution in [3.63, 3.8) is 0 Å². The molecule has 1 atom stereocenters. The second-order valence-electron chi connectivity index (χ2n) is 6.11. The van der Waals surface area contributed by atoms with E-state index in [2.05, 4.69) is 62.2 Å². The average molecular weight is 232 g/mol. The molecule has 1 aromatic rings. The van der Waals surface area contributed by atoms with E-state index < -0.39 is 0 Å². The van der Waals surface area contributed by atoms with Gasteiger partial charge in [0.15, 0.2) is 0 Å². The number of aryl methyl sites for hydroxylation is 1. The lowest BCUT2D eigenvalue weighted by molar-refractivity contribution is 0.362. The van der Waals surface area contributed by atoms with Gasteiger partial charge in [-0.05, 0) is 30.9 Å². The van der Waals surface area contributed by atoms with E-state index in [0.29, 0.717) is 11.5 Å². The van der Waals surface area contributed by atoms with Crippen molar-refractivity contribution in [2.75, 3.05) is 24.5 Å². The van der Waals surface area contributed by atoms with Gasteiger partial charge < -0.3 is 10.2 Å². The smallest absolute Gasteiger partial charge is 0.0396 e. The van der Waals surface area contributed by atoms with E-state index >= 15 is 0 Å². The lowest BCUT2D eigenvalue weighted by Crippen LogP contribution is -2.36. The standard InChI is InChI=1S/C15H24N2/c1-12-7-5-6-8-14(12)17-9-13(2)16-10-15(3,4)11-17/h5-8,13,16H,9-11H2,1-4H3. The van der Waals surface area contributed by atoms with Crippen LogP contribution in [0.5, 0.6) is 0 Å². The highest BCUT2D eigenvalue weighted by Gasteiger charge is 2.27. The Morgan fingerprint density at radius 3 is 2.71 bits per heavy atom. The fourth-order valence-corrected chi connectivity index (χ4v) is 2.58. The highest BCUT2D eigenvalue weighted by atomic mass is 15.2. The normalized spacial score (nSPS) is 24.5. The quantitative estimate of drug-likeness (QED) is 0.801. The molecule has 0 amide bonds. The third kappa shape index (κ3) is 3.01. The Bertz CT molecular complexity index is 384. The number of para-hydroxylation sites is 1. The molecule has 2 rings (SSSR count). The minimum absolute atomic E-state index is 0.326. The highest BCUT2D eigenvalue weighted by Crippen LogP contribution is 2.26. The summed E-state index contributed by atoms with van der Waals surface area (Å²) in [5.41, 5.74) is 3.08. The second-order valence-corrected chi connectivity index (χ2v) is 6.11. The van der Waals surface area contributed by atoms with Crippen molar-refractivity contribution in [1.29, 1.82) is 0 Å². The van der Waals surface area contributed by atoms with Gasteiger partial charge in [0.05, 0.1) is 0 Å². The number of hydrogen-bond acceptors (Lipinski definition) is 2. The monoisotopic (exact) mass is 232 g/mol. The third-order valence-corrected chi connectivity index (χ3v) is 3.50. The minimum atomic E-state index is 0.326. The van der Waals surface area contributed by atoms with Crippen LogP contribution in [0.25, 0.3) is 0 Å². The van der Waals surface area contributed by atoms with Crippen molar-refractivity contribution in [2.24, 2.45) is 5.41 Å². The third-order valence-electron chi connectivity index (χ3n) is 3.50. The molecule has 1 unspecified atom stereocenters. The van der Waals surface area contributed by atoms with E-state index in [0.717, 1.165) is 19.6 Å². The molecule has 17 heavy (non-hydrogen) atoms. The lowest BCUT2D eigenvalue weighted by Gasteiger charge is -2.32. The number of anilines is 1. The summed E-state index contributed by atoms with van der Waals surface area (Å²) in [7, 11) is 0. The SMILES string of the molecule is Cc1ccccc1N1CC(C)NCC(C)(C)C1. The van der Waals surface area contributed by atoms with Crippen LogP contribution in [0, 0.1) is 12.3 Å². The summed E-state index contributed by atoms with van der Waals surface area (Å²) in [5.74, 6) is 0. The van der Waals surface area contributed by atoms with Gasteiger partial charge in [-0.25, -0.2) is 0 Å². The van der Waals surface area contributed by atoms with E-state index in [-0.39, 0.29) is 0 Å². The lowest BCUT2D eigenvalue weighted by atomic mass is 9.93. The highest BCUT2D eigenvalue weighted by molar-refractivity contribution is 5.53. The molecule has 0 bridgehead atoms. The van der Waals surface area contributed by atoms with Crippen LogP contribution in [-0.4, -0.2) is 25.7 Å². The first-order valence-electron chi connectivity index (χ1n) is 6.52. The zero-order valence-corrected chi connectivity index (χ0v) is 11.5. The predicted octanol–water partition coefficient (Wildman–Crippen LogP) is 2.82. The molecule has 1 heterocycles. The Morgan fingerprint density at radius 1 is 1.29 bits per heavy atom. The molecule has 1 saturated heterocycles. The van der Waals surface area contributed by atoms with Crippen molar-refractivity contribution in [3.8, 4) is 0 Å². The van der Waals surface area contributed by atoms with Gasteiger partial charge >= 0.3 is 0 Å². The van der Waals surface area contributed by atoms with Crippen molar-refractivity contribution < 1.29 is 0 Å². The topological polar surface area (TPSA) is 15.3 Å². The van der Waals surface area contributed by atoms with Gasteiger partial charge in [-0.1, -0.05) is 32.0 Å². The van der Waals surface area contributed by atoms with Gasteiger partial charge in [0, 0.05) is 31.4 Å². The number of benzene rings is 1. The van der Waals surface area contributed by atoms with Crippen molar-refractivity contribution in [2.45, 2.75) is 33.7 Å². The molecule has 0 aromatic heterocycles. The first-order chi connectivity index (χ1) is 7.98. The maximum absolute atomic E-state index is 3.61. The van der Waals surface area contributed by atoms with Gasteiger partial charge in [-0.15, -0.1) is 0 Å². The molecule has 0 radical (unpaired) electrons. The Kier molecular flexibility index (Phi) is 3.43. The van der Waals surface area contributed by atoms with E-state index in [1.807, 2.05) is 0 Å². The summed E-state index contributed by atoms with van der Waals surface area (Å²) in [5, 5.41) is 3.61. The number of hydrogen-bond donors (Lipinski definition) is 1. The van der Waals surface area contributed by atoms with Gasteiger partial charge in [0.25, 0.3) is 0 Å². The Morgan fingerprint density at radius 2 is 2.00 bits per heavy atom. The summed E-state index contributed by atoms with van der Waals surface area (Å²) in [6, 6.07) is 9.24. The summed E-state index contributed by atoms with van der Waals surface area (Å²) in [4.78, 5) is 2.53. The van der Waals surface area contributed by atoms with Crippen molar-refractivity contribution in [1.82, 2.24) is 5.32 Å². The largest absolute Gasteiger partial charge is 0.369 e. The Balaban J connectivity index is 2.27. The molecule has 1 aliphatic rings. The van der Waals surface area contributed by atoms with Crippen molar-refractivity contribution >= 4 is 5.69 Å². The zero-order chi connectivity index (χ0) is 12.5. The molecule has 1 fully saturated rings. The van der Waals surface area contributed by atoms with Crippen LogP contribution in [0.1, 0.15) is 26.3 Å². The molecule has 0 spiro atoms. The van der Waals surface area contributed by atoms with E-state index in [1.165, 1.54) is 11.3 Å². The Labute approximate surface area is 105 Å². The molecule has 0 aliphatic carbocycles. The average Bonchev–Trinajstić information content (AvgIpc) is 2.38. The van der Waals surface area contributed by atoms with Crippen LogP contribution in [0.2, 0.25) is 0 Å². The summed E-state index contributed by atoms with van der Waals surface area (Å²) >= 11 is 0. The van der Waals surface area contributed by atoms with Crippen LogP contribution >= 0.6 is 0 Å². The second kappa shape index (κ2) is 4.69. The molecule has 0 saturated carbocycles. The van der Waals surface area contributed by atoms with Gasteiger partial charge in [-0.2, -0.15) is 0 Å². The van der Waals surface area contributed by atoms with Crippen LogP contribution < -0.4 is 10.2 Å². The maximum Gasteiger partial charge on any atom is 0.0396 e. The van der Waals surface area contributed by atoms with Crippen LogP contribution in [0.3, 0.4) is 0 Å². The molecule has 1 aliphatic heterocycles. The zero-order valence-electron chi connectivity index (χ0n) is 11.5.